The van der Waals surface area contributed by atoms with Crippen LogP contribution in [0.2, 0.25) is 0 Å². The molecule has 1 aliphatic carbocycles. The quantitative estimate of drug-likeness (QED) is 0.802. The lowest BCUT2D eigenvalue weighted by molar-refractivity contribution is -0.131. The highest BCUT2D eigenvalue weighted by Crippen LogP contribution is 2.32. The number of nitrogens with zero attached hydrogens (tertiary/aromatic N) is 1. The Morgan fingerprint density at radius 3 is 3.05 bits per heavy atom. The van der Waals surface area contributed by atoms with E-state index in [0.29, 0.717) is 18.9 Å². The normalized spacial score (nSPS) is 22.6. The van der Waals surface area contributed by atoms with E-state index in [0.717, 1.165) is 23.9 Å². The molecule has 1 fully saturated rings. The molecule has 4 heteroatoms. The average Bonchev–Trinajstić information content (AvgIpc) is 3.06. The van der Waals surface area contributed by atoms with Crippen molar-refractivity contribution < 1.29 is 9.21 Å². The van der Waals surface area contributed by atoms with Gasteiger partial charge in [-0.2, -0.15) is 11.8 Å². The Labute approximate surface area is 119 Å². The Morgan fingerprint density at radius 2 is 2.37 bits per heavy atom. The molecule has 0 saturated heterocycles. The van der Waals surface area contributed by atoms with Crippen LogP contribution < -0.4 is 0 Å². The van der Waals surface area contributed by atoms with E-state index in [1.54, 1.807) is 6.26 Å². The first-order valence-electron chi connectivity index (χ1n) is 7.10. The van der Waals surface area contributed by atoms with Gasteiger partial charge in [-0.15, -0.1) is 0 Å². The zero-order chi connectivity index (χ0) is 13.7. The summed E-state index contributed by atoms with van der Waals surface area (Å²) in [7, 11) is 1.95. The van der Waals surface area contributed by atoms with Gasteiger partial charge < -0.3 is 9.32 Å². The van der Waals surface area contributed by atoms with Crippen molar-refractivity contribution in [3.63, 3.8) is 0 Å². The summed E-state index contributed by atoms with van der Waals surface area (Å²) in [5.41, 5.74) is 0. The number of thioether (sulfide) groups is 1. The molecular weight excluding hydrogens is 258 g/mol. The number of hydrogen-bond acceptors (Lipinski definition) is 3. The molecule has 0 unspecified atom stereocenters. The van der Waals surface area contributed by atoms with E-state index in [1.165, 1.54) is 12.2 Å². The number of rotatable bonds is 6. The molecule has 0 spiro atoms. The van der Waals surface area contributed by atoms with Gasteiger partial charge in [0.15, 0.2) is 0 Å². The van der Waals surface area contributed by atoms with Crippen LogP contribution in [0.4, 0.5) is 0 Å². The van der Waals surface area contributed by atoms with E-state index in [-0.39, 0.29) is 5.91 Å². The molecule has 19 heavy (non-hydrogen) atoms. The second-order valence-corrected chi connectivity index (χ2v) is 6.71. The Morgan fingerprint density at radius 1 is 1.53 bits per heavy atom. The summed E-state index contributed by atoms with van der Waals surface area (Å²) in [6.45, 7) is 2.20. The molecule has 0 aliphatic heterocycles. The lowest BCUT2D eigenvalue weighted by Crippen LogP contribution is -2.35. The van der Waals surface area contributed by atoms with Gasteiger partial charge in [0.25, 0.3) is 0 Å². The van der Waals surface area contributed by atoms with Gasteiger partial charge in [-0.05, 0) is 37.1 Å². The SMILES string of the molecule is CCS[C@H]1CC[C@H](N(C)C(=O)CCc2ccco2)C1. The van der Waals surface area contributed by atoms with Gasteiger partial charge in [-0.1, -0.05) is 6.92 Å². The van der Waals surface area contributed by atoms with Gasteiger partial charge >= 0.3 is 0 Å². The van der Waals surface area contributed by atoms with Crippen LogP contribution in [0.3, 0.4) is 0 Å². The first-order chi connectivity index (χ1) is 9.20. The third-order valence-corrected chi connectivity index (χ3v) is 5.10. The van der Waals surface area contributed by atoms with E-state index >= 15 is 0 Å². The summed E-state index contributed by atoms with van der Waals surface area (Å²) >= 11 is 2.03. The molecule has 0 aromatic carbocycles. The Bertz CT molecular complexity index is 391. The van der Waals surface area contributed by atoms with E-state index < -0.39 is 0 Å². The van der Waals surface area contributed by atoms with Crippen LogP contribution in [-0.4, -0.2) is 34.9 Å². The van der Waals surface area contributed by atoms with Crippen molar-refractivity contribution in [1.82, 2.24) is 4.90 Å². The molecule has 1 aliphatic rings. The van der Waals surface area contributed by atoms with Gasteiger partial charge in [0, 0.05) is 31.2 Å². The maximum atomic E-state index is 12.2. The molecule has 1 aromatic rings. The maximum Gasteiger partial charge on any atom is 0.223 e. The minimum Gasteiger partial charge on any atom is -0.469 e. The smallest absolute Gasteiger partial charge is 0.223 e. The zero-order valence-corrected chi connectivity index (χ0v) is 12.6. The predicted molar refractivity (Wildman–Crippen MR) is 79.4 cm³/mol. The number of carbonyl (C=O) groups is 1. The summed E-state index contributed by atoms with van der Waals surface area (Å²) in [5.74, 6) is 2.31. The zero-order valence-electron chi connectivity index (χ0n) is 11.8. The third kappa shape index (κ3) is 4.03. The minimum absolute atomic E-state index is 0.239. The number of hydrogen-bond donors (Lipinski definition) is 0. The van der Waals surface area contributed by atoms with Crippen molar-refractivity contribution in [2.24, 2.45) is 0 Å². The topological polar surface area (TPSA) is 33.5 Å². The van der Waals surface area contributed by atoms with Crippen LogP contribution in [0.25, 0.3) is 0 Å². The van der Waals surface area contributed by atoms with Crippen molar-refractivity contribution in [3.8, 4) is 0 Å². The van der Waals surface area contributed by atoms with Crippen LogP contribution in [0.1, 0.15) is 38.4 Å². The lowest BCUT2D eigenvalue weighted by Gasteiger charge is -2.24. The molecule has 0 N–H and O–H groups in total. The fraction of sp³-hybridized carbons (Fsp3) is 0.667. The summed E-state index contributed by atoms with van der Waals surface area (Å²) < 4.78 is 5.26. The molecule has 1 aromatic heterocycles. The average molecular weight is 281 g/mol. The van der Waals surface area contributed by atoms with E-state index in [4.69, 9.17) is 4.42 Å². The Kier molecular flexibility index (Phi) is 5.37. The number of aryl methyl sites for hydroxylation is 1. The summed E-state index contributed by atoms with van der Waals surface area (Å²) in [6, 6.07) is 4.23. The van der Waals surface area contributed by atoms with Gasteiger partial charge in [0.1, 0.15) is 5.76 Å². The van der Waals surface area contributed by atoms with Crippen LogP contribution in [0.5, 0.6) is 0 Å². The summed E-state index contributed by atoms with van der Waals surface area (Å²) in [5, 5.41) is 0.746. The highest BCUT2D eigenvalue weighted by Gasteiger charge is 2.29. The van der Waals surface area contributed by atoms with Crippen LogP contribution in [-0.2, 0) is 11.2 Å². The van der Waals surface area contributed by atoms with E-state index in [9.17, 15) is 4.79 Å². The van der Waals surface area contributed by atoms with E-state index in [1.807, 2.05) is 35.8 Å². The summed E-state index contributed by atoms with van der Waals surface area (Å²) in [4.78, 5) is 14.1. The molecular formula is C15H23NO2S. The van der Waals surface area contributed by atoms with Crippen molar-refractivity contribution in [1.29, 1.82) is 0 Å². The fourth-order valence-corrected chi connectivity index (χ4v) is 3.85. The predicted octanol–water partition coefficient (Wildman–Crippen LogP) is 3.34. The van der Waals surface area contributed by atoms with Gasteiger partial charge in [0.2, 0.25) is 5.91 Å². The first-order valence-corrected chi connectivity index (χ1v) is 8.15. The Hall–Kier alpha value is -0.900. The molecule has 0 radical (unpaired) electrons. The molecule has 3 nitrogen and oxygen atoms in total. The van der Waals surface area contributed by atoms with Gasteiger partial charge in [-0.25, -0.2) is 0 Å². The second kappa shape index (κ2) is 7.04. The number of furan rings is 1. The monoisotopic (exact) mass is 281 g/mol. The fourth-order valence-electron chi connectivity index (χ4n) is 2.72. The third-order valence-electron chi connectivity index (χ3n) is 3.87. The molecule has 2 rings (SSSR count). The van der Waals surface area contributed by atoms with Crippen LogP contribution >= 0.6 is 11.8 Å². The Balaban J connectivity index is 1.76. The molecule has 1 heterocycles. The highest BCUT2D eigenvalue weighted by molar-refractivity contribution is 7.99. The number of carbonyl (C=O) groups excluding carboxylic acids is 1. The van der Waals surface area contributed by atoms with Gasteiger partial charge in [-0.3, -0.25) is 4.79 Å². The van der Waals surface area contributed by atoms with Crippen LogP contribution in [0, 0.1) is 0 Å². The highest BCUT2D eigenvalue weighted by atomic mass is 32.2. The van der Waals surface area contributed by atoms with Crippen molar-refractivity contribution in [2.75, 3.05) is 12.8 Å². The maximum absolute atomic E-state index is 12.2. The lowest BCUT2D eigenvalue weighted by atomic mass is 10.2. The van der Waals surface area contributed by atoms with Crippen molar-refractivity contribution in [3.05, 3.63) is 24.2 Å². The second-order valence-electron chi connectivity index (χ2n) is 5.13. The molecule has 1 amide bonds. The van der Waals surface area contributed by atoms with E-state index in [2.05, 4.69) is 6.92 Å². The van der Waals surface area contributed by atoms with Gasteiger partial charge in [0.05, 0.1) is 6.26 Å². The molecule has 1 saturated carbocycles. The van der Waals surface area contributed by atoms with Crippen LogP contribution in [0.15, 0.2) is 22.8 Å². The first kappa shape index (κ1) is 14.5. The molecule has 0 bridgehead atoms. The number of amides is 1. The largest absolute Gasteiger partial charge is 0.469 e. The molecule has 106 valence electrons. The standard InChI is InChI=1S/C15H23NO2S/c1-3-19-14-8-6-12(11-14)16(2)15(17)9-7-13-5-4-10-18-13/h4-5,10,12,14H,3,6-9,11H2,1-2H3/t12-,14-/m0/s1. The summed E-state index contributed by atoms with van der Waals surface area (Å²) in [6.07, 6.45) is 6.47. The minimum atomic E-state index is 0.239. The van der Waals surface area contributed by atoms with Crippen molar-refractivity contribution in [2.45, 2.75) is 50.3 Å². The molecule has 2 atom stereocenters. The van der Waals surface area contributed by atoms with Crippen molar-refractivity contribution >= 4 is 17.7 Å².